The zero-order valence-corrected chi connectivity index (χ0v) is 14.7. The van der Waals surface area contributed by atoms with Gasteiger partial charge >= 0.3 is 0 Å². The van der Waals surface area contributed by atoms with Gasteiger partial charge in [-0.3, -0.25) is 4.79 Å². The number of ether oxygens (including phenoxy) is 2. The number of carbonyl (C=O) groups is 1. The van der Waals surface area contributed by atoms with Gasteiger partial charge in [0.2, 0.25) is 0 Å². The van der Waals surface area contributed by atoms with E-state index >= 15 is 0 Å². The van der Waals surface area contributed by atoms with Crippen LogP contribution in [0.25, 0.3) is 0 Å². The first-order chi connectivity index (χ1) is 12.7. The second-order valence-electron chi connectivity index (χ2n) is 7.28. The molecule has 0 amide bonds. The summed E-state index contributed by atoms with van der Waals surface area (Å²) in [6.45, 7) is 0.679. The lowest BCUT2D eigenvalue weighted by molar-refractivity contribution is -0.165. The molecule has 2 unspecified atom stereocenters. The van der Waals surface area contributed by atoms with Crippen LogP contribution in [0.1, 0.15) is 30.4 Å². The Balaban J connectivity index is 1.41. The van der Waals surface area contributed by atoms with E-state index in [0.29, 0.717) is 6.61 Å². The van der Waals surface area contributed by atoms with Gasteiger partial charge in [0.15, 0.2) is 5.78 Å². The molecule has 1 aliphatic heterocycles. The minimum Gasteiger partial charge on any atom is -0.372 e. The van der Waals surface area contributed by atoms with Crippen LogP contribution in [0.5, 0.6) is 0 Å². The molecule has 4 heteroatoms. The van der Waals surface area contributed by atoms with Gasteiger partial charge in [-0.25, -0.2) is 4.39 Å². The van der Waals surface area contributed by atoms with Crippen molar-refractivity contribution in [1.29, 1.82) is 0 Å². The molecule has 26 heavy (non-hydrogen) atoms. The van der Waals surface area contributed by atoms with E-state index in [4.69, 9.17) is 9.47 Å². The lowest BCUT2D eigenvalue weighted by Crippen LogP contribution is -2.52. The Morgan fingerprint density at radius 3 is 2.46 bits per heavy atom. The third kappa shape index (κ3) is 3.31. The first kappa shape index (κ1) is 17.4. The number of carbonyl (C=O) groups excluding carboxylic acids is 1. The van der Waals surface area contributed by atoms with Gasteiger partial charge in [0.1, 0.15) is 11.9 Å². The standard InChI is InChI=1S/C22H23FO3/c23-18-9-4-8-17(13-18)22(10-5-11-22)21(24)20-15-25-19(14-26-20)12-16-6-2-1-3-7-16/h1-4,6-9,13,19-20H,5,10-12,14-15H2. The summed E-state index contributed by atoms with van der Waals surface area (Å²) in [6, 6.07) is 16.5. The average molecular weight is 354 g/mol. The predicted octanol–water partition coefficient (Wildman–Crippen LogP) is 3.84. The molecular weight excluding hydrogens is 331 g/mol. The second-order valence-corrected chi connectivity index (χ2v) is 7.28. The highest BCUT2D eigenvalue weighted by molar-refractivity contribution is 5.94. The quantitative estimate of drug-likeness (QED) is 0.818. The van der Waals surface area contributed by atoms with Crippen molar-refractivity contribution in [3.05, 3.63) is 71.5 Å². The van der Waals surface area contributed by atoms with Crippen LogP contribution in [-0.4, -0.2) is 31.2 Å². The molecule has 1 heterocycles. The normalized spacial score (nSPS) is 24.7. The SMILES string of the molecule is O=C(C1COC(Cc2ccccc2)CO1)C1(c2cccc(F)c2)CCC1. The smallest absolute Gasteiger partial charge is 0.174 e. The molecule has 0 spiro atoms. The highest BCUT2D eigenvalue weighted by Gasteiger charge is 2.49. The third-order valence-electron chi connectivity index (χ3n) is 5.62. The Morgan fingerprint density at radius 1 is 1.04 bits per heavy atom. The summed E-state index contributed by atoms with van der Waals surface area (Å²) in [6.07, 6.45) is 2.66. The molecule has 2 fully saturated rings. The first-order valence-electron chi connectivity index (χ1n) is 9.25. The number of rotatable bonds is 5. The fourth-order valence-corrected chi connectivity index (χ4v) is 3.99. The largest absolute Gasteiger partial charge is 0.372 e. The molecule has 0 aromatic heterocycles. The number of benzene rings is 2. The van der Waals surface area contributed by atoms with E-state index in [9.17, 15) is 9.18 Å². The second kappa shape index (κ2) is 7.29. The van der Waals surface area contributed by atoms with Gasteiger partial charge in [-0.2, -0.15) is 0 Å². The number of Topliss-reactive ketones (excluding diaryl/α,β-unsaturated/α-hetero) is 1. The van der Waals surface area contributed by atoms with E-state index in [2.05, 4.69) is 12.1 Å². The van der Waals surface area contributed by atoms with Gasteiger partial charge in [0.05, 0.1) is 24.7 Å². The van der Waals surface area contributed by atoms with E-state index < -0.39 is 11.5 Å². The maximum Gasteiger partial charge on any atom is 0.174 e. The maximum atomic E-state index is 13.7. The summed E-state index contributed by atoms with van der Waals surface area (Å²) in [5.41, 5.74) is 1.35. The molecule has 1 saturated heterocycles. The molecular formula is C22H23FO3. The Hall–Kier alpha value is -2.04. The molecule has 2 aromatic carbocycles. The lowest BCUT2D eigenvalue weighted by Gasteiger charge is -2.44. The van der Waals surface area contributed by atoms with Crippen molar-refractivity contribution < 1.29 is 18.7 Å². The highest BCUT2D eigenvalue weighted by Crippen LogP contribution is 2.46. The van der Waals surface area contributed by atoms with E-state index in [0.717, 1.165) is 31.2 Å². The van der Waals surface area contributed by atoms with Crippen LogP contribution in [0.4, 0.5) is 4.39 Å². The number of halogens is 1. The monoisotopic (exact) mass is 354 g/mol. The van der Waals surface area contributed by atoms with Gasteiger partial charge in [0.25, 0.3) is 0 Å². The zero-order chi connectivity index (χ0) is 18.0. The maximum absolute atomic E-state index is 13.7. The number of hydrogen-bond donors (Lipinski definition) is 0. The number of hydrogen-bond acceptors (Lipinski definition) is 3. The van der Waals surface area contributed by atoms with Crippen molar-refractivity contribution in [3.8, 4) is 0 Å². The van der Waals surface area contributed by atoms with Crippen molar-refractivity contribution in [2.24, 2.45) is 0 Å². The van der Waals surface area contributed by atoms with Crippen molar-refractivity contribution in [1.82, 2.24) is 0 Å². The highest BCUT2D eigenvalue weighted by atomic mass is 19.1. The van der Waals surface area contributed by atoms with E-state index in [1.54, 1.807) is 6.07 Å². The zero-order valence-electron chi connectivity index (χ0n) is 14.7. The summed E-state index contributed by atoms with van der Waals surface area (Å²) in [5.74, 6) is -0.266. The van der Waals surface area contributed by atoms with E-state index in [-0.39, 0.29) is 24.3 Å². The van der Waals surface area contributed by atoms with Crippen LogP contribution < -0.4 is 0 Å². The molecule has 2 atom stereocenters. The van der Waals surface area contributed by atoms with Crippen molar-refractivity contribution in [3.63, 3.8) is 0 Å². The van der Waals surface area contributed by atoms with Crippen molar-refractivity contribution in [2.45, 2.75) is 43.3 Å². The summed E-state index contributed by atoms with van der Waals surface area (Å²) < 4.78 is 25.5. The predicted molar refractivity (Wildman–Crippen MR) is 96.6 cm³/mol. The topological polar surface area (TPSA) is 35.5 Å². The number of ketones is 1. The van der Waals surface area contributed by atoms with Crippen LogP contribution >= 0.6 is 0 Å². The molecule has 0 bridgehead atoms. The Labute approximate surface area is 153 Å². The molecule has 136 valence electrons. The minimum absolute atomic E-state index is 0.0343. The van der Waals surface area contributed by atoms with Crippen LogP contribution in [0.3, 0.4) is 0 Å². The van der Waals surface area contributed by atoms with Crippen LogP contribution in [0.2, 0.25) is 0 Å². The van der Waals surface area contributed by atoms with Crippen LogP contribution in [0.15, 0.2) is 54.6 Å². The average Bonchev–Trinajstić information content (AvgIpc) is 2.62. The molecule has 0 radical (unpaired) electrons. The molecule has 4 rings (SSSR count). The fraction of sp³-hybridized carbons (Fsp3) is 0.409. The molecule has 2 aromatic rings. The van der Waals surface area contributed by atoms with Gasteiger partial charge in [-0.05, 0) is 36.1 Å². The Kier molecular flexibility index (Phi) is 4.88. The van der Waals surface area contributed by atoms with Gasteiger partial charge in [-0.1, -0.05) is 48.9 Å². The molecule has 0 N–H and O–H groups in total. The summed E-state index contributed by atoms with van der Waals surface area (Å²) in [7, 11) is 0. The first-order valence-corrected chi connectivity index (χ1v) is 9.25. The van der Waals surface area contributed by atoms with Crippen LogP contribution in [0, 0.1) is 5.82 Å². The Morgan fingerprint density at radius 2 is 1.85 bits per heavy atom. The van der Waals surface area contributed by atoms with Gasteiger partial charge in [-0.15, -0.1) is 0 Å². The van der Waals surface area contributed by atoms with Gasteiger partial charge < -0.3 is 9.47 Å². The molecule has 1 aliphatic carbocycles. The van der Waals surface area contributed by atoms with E-state index in [1.807, 2.05) is 24.3 Å². The molecule has 3 nitrogen and oxygen atoms in total. The minimum atomic E-state index is -0.609. The summed E-state index contributed by atoms with van der Waals surface area (Å²) in [5, 5.41) is 0. The third-order valence-corrected chi connectivity index (χ3v) is 5.62. The van der Waals surface area contributed by atoms with Gasteiger partial charge in [0, 0.05) is 6.42 Å². The molecule has 1 saturated carbocycles. The fourth-order valence-electron chi connectivity index (χ4n) is 3.99. The van der Waals surface area contributed by atoms with Crippen LogP contribution in [-0.2, 0) is 26.1 Å². The van der Waals surface area contributed by atoms with Crippen molar-refractivity contribution >= 4 is 5.78 Å². The van der Waals surface area contributed by atoms with E-state index in [1.165, 1.54) is 17.7 Å². The Bertz CT molecular complexity index is 762. The summed E-state index contributed by atoms with van der Waals surface area (Å²) >= 11 is 0. The molecule has 2 aliphatic rings. The van der Waals surface area contributed by atoms with Crippen molar-refractivity contribution in [2.75, 3.05) is 13.2 Å². The lowest BCUT2D eigenvalue weighted by atomic mass is 9.61. The summed E-state index contributed by atoms with van der Waals surface area (Å²) in [4.78, 5) is 13.2.